The molecule has 0 fully saturated rings. The quantitative estimate of drug-likeness (QED) is 0.859. The van der Waals surface area contributed by atoms with Crippen molar-refractivity contribution in [2.24, 2.45) is 0 Å². The SMILES string of the molecule is O=C(O)c1cc(Cl)c2ccccc2c1C(=O)O. The molecule has 2 aromatic carbocycles. The fraction of sp³-hybridized carbons (Fsp3) is 0. The van der Waals surface area contributed by atoms with Gasteiger partial charge in [-0.25, -0.2) is 9.59 Å². The molecule has 0 atom stereocenters. The number of aromatic carboxylic acids is 2. The van der Waals surface area contributed by atoms with Crippen molar-refractivity contribution in [2.45, 2.75) is 0 Å². The topological polar surface area (TPSA) is 74.6 Å². The van der Waals surface area contributed by atoms with E-state index >= 15 is 0 Å². The van der Waals surface area contributed by atoms with E-state index in [1.807, 2.05) is 0 Å². The van der Waals surface area contributed by atoms with Crippen LogP contribution in [0.3, 0.4) is 0 Å². The van der Waals surface area contributed by atoms with Crippen LogP contribution in [-0.2, 0) is 0 Å². The second kappa shape index (κ2) is 4.07. The van der Waals surface area contributed by atoms with Gasteiger partial charge in [0.25, 0.3) is 0 Å². The molecule has 2 N–H and O–H groups in total. The van der Waals surface area contributed by atoms with Crippen molar-refractivity contribution in [3.8, 4) is 0 Å². The van der Waals surface area contributed by atoms with Crippen molar-refractivity contribution in [3.63, 3.8) is 0 Å². The molecule has 5 heteroatoms. The van der Waals surface area contributed by atoms with Crippen LogP contribution in [0.1, 0.15) is 20.7 Å². The fourth-order valence-electron chi connectivity index (χ4n) is 1.73. The van der Waals surface area contributed by atoms with Gasteiger partial charge in [-0.1, -0.05) is 35.9 Å². The molecule has 0 heterocycles. The molecule has 2 rings (SSSR count). The van der Waals surface area contributed by atoms with Crippen LogP contribution < -0.4 is 0 Å². The Bertz CT molecular complexity index is 634. The van der Waals surface area contributed by atoms with E-state index in [2.05, 4.69) is 0 Å². The fourth-order valence-corrected chi connectivity index (χ4v) is 2.00. The average Bonchev–Trinajstić information content (AvgIpc) is 2.28. The molecule has 0 amide bonds. The number of fused-ring (bicyclic) bond motifs is 1. The Balaban J connectivity index is 2.98. The molecule has 0 spiro atoms. The van der Waals surface area contributed by atoms with E-state index in [-0.39, 0.29) is 16.1 Å². The van der Waals surface area contributed by atoms with Crippen molar-refractivity contribution in [2.75, 3.05) is 0 Å². The molecular weight excluding hydrogens is 244 g/mol. The minimum atomic E-state index is -1.31. The highest BCUT2D eigenvalue weighted by atomic mass is 35.5. The zero-order valence-electron chi connectivity index (χ0n) is 8.48. The van der Waals surface area contributed by atoms with Crippen LogP contribution in [0.15, 0.2) is 30.3 Å². The first-order valence-electron chi connectivity index (χ1n) is 4.70. The summed E-state index contributed by atoms with van der Waals surface area (Å²) >= 11 is 5.93. The number of benzene rings is 2. The molecule has 17 heavy (non-hydrogen) atoms. The molecule has 86 valence electrons. The van der Waals surface area contributed by atoms with Gasteiger partial charge in [0.05, 0.1) is 11.1 Å². The van der Waals surface area contributed by atoms with Crippen LogP contribution in [0.25, 0.3) is 10.8 Å². The second-order valence-electron chi connectivity index (χ2n) is 3.44. The lowest BCUT2D eigenvalue weighted by atomic mass is 9.99. The van der Waals surface area contributed by atoms with Gasteiger partial charge >= 0.3 is 11.9 Å². The summed E-state index contributed by atoms with van der Waals surface area (Å²) in [6.45, 7) is 0. The van der Waals surface area contributed by atoms with Gasteiger partial charge in [-0.15, -0.1) is 0 Å². The van der Waals surface area contributed by atoms with Crippen molar-refractivity contribution in [1.29, 1.82) is 0 Å². The van der Waals surface area contributed by atoms with Crippen molar-refractivity contribution in [3.05, 3.63) is 46.5 Å². The molecule has 2 aromatic rings. The van der Waals surface area contributed by atoms with Crippen molar-refractivity contribution in [1.82, 2.24) is 0 Å². The van der Waals surface area contributed by atoms with E-state index < -0.39 is 11.9 Å². The number of rotatable bonds is 2. The lowest BCUT2D eigenvalue weighted by molar-refractivity contribution is 0.0653. The first-order chi connectivity index (χ1) is 8.02. The monoisotopic (exact) mass is 250 g/mol. The third-order valence-electron chi connectivity index (χ3n) is 2.44. The summed E-state index contributed by atoms with van der Waals surface area (Å²) in [5.74, 6) is -2.59. The van der Waals surface area contributed by atoms with Gasteiger partial charge in [0, 0.05) is 10.4 Å². The van der Waals surface area contributed by atoms with Crippen LogP contribution in [0.4, 0.5) is 0 Å². The summed E-state index contributed by atoms with van der Waals surface area (Å²) in [5.41, 5.74) is -0.543. The van der Waals surface area contributed by atoms with Crippen LogP contribution in [-0.4, -0.2) is 22.2 Å². The maximum absolute atomic E-state index is 11.1. The maximum Gasteiger partial charge on any atom is 0.337 e. The highest BCUT2D eigenvalue weighted by Gasteiger charge is 2.20. The molecule has 4 nitrogen and oxygen atoms in total. The average molecular weight is 251 g/mol. The number of carbonyl (C=O) groups is 2. The molecule has 0 bridgehead atoms. The first-order valence-corrected chi connectivity index (χ1v) is 5.08. The zero-order valence-corrected chi connectivity index (χ0v) is 9.23. The van der Waals surface area contributed by atoms with Crippen LogP contribution in [0.2, 0.25) is 5.02 Å². The molecule has 0 aliphatic rings. The van der Waals surface area contributed by atoms with Crippen LogP contribution in [0, 0.1) is 0 Å². The smallest absolute Gasteiger partial charge is 0.337 e. The van der Waals surface area contributed by atoms with Gasteiger partial charge in [0.2, 0.25) is 0 Å². The minimum Gasteiger partial charge on any atom is -0.478 e. The van der Waals surface area contributed by atoms with E-state index in [0.29, 0.717) is 10.8 Å². The van der Waals surface area contributed by atoms with Crippen molar-refractivity contribution < 1.29 is 19.8 Å². The molecule has 0 saturated heterocycles. The largest absolute Gasteiger partial charge is 0.478 e. The van der Waals surface area contributed by atoms with Gasteiger partial charge in [-0.3, -0.25) is 0 Å². The van der Waals surface area contributed by atoms with E-state index in [9.17, 15) is 9.59 Å². The standard InChI is InChI=1S/C12H7ClO4/c13-9-5-8(11(14)15)10(12(16)17)7-4-2-1-3-6(7)9/h1-5H,(H,14,15)(H,16,17). The molecule has 0 aromatic heterocycles. The molecular formula is C12H7ClO4. The highest BCUT2D eigenvalue weighted by molar-refractivity contribution is 6.37. The van der Waals surface area contributed by atoms with E-state index in [1.165, 1.54) is 6.07 Å². The third-order valence-corrected chi connectivity index (χ3v) is 2.75. The van der Waals surface area contributed by atoms with Crippen molar-refractivity contribution >= 4 is 34.3 Å². The Labute approximate surface area is 101 Å². The minimum absolute atomic E-state index is 0.225. The number of carboxylic acids is 2. The van der Waals surface area contributed by atoms with Gasteiger partial charge in [0.15, 0.2) is 0 Å². The number of hydrogen-bond acceptors (Lipinski definition) is 2. The number of carboxylic acid groups (broad SMARTS) is 2. The highest BCUT2D eigenvalue weighted by Crippen LogP contribution is 2.29. The Morgan fingerprint density at radius 1 is 1.00 bits per heavy atom. The predicted molar refractivity (Wildman–Crippen MR) is 62.9 cm³/mol. The molecule has 0 aliphatic carbocycles. The number of hydrogen-bond donors (Lipinski definition) is 2. The van der Waals surface area contributed by atoms with Gasteiger partial charge in [-0.2, -0.15) is 0 Å². The van der Waals surface area contributed by atoms with Gasteiger partial charge < -0.3 is 10.2 Å². The Kier molecular flexibility index (Phi) is 2.73. The van der Waals surface area contributed by atoms with Crippen LogP contribution in [0.5, 0.6) is 0 Å². The summed E-state index contributed by atoms with van der Waals surface area (Å²) in [6.07, 6.45) is 0. The lowest BCUT2D eigenvalue weighted by Gasteiger charge is -2.08. The summed E-state index contributed by atoms with van der Waals surface area (Å²) in [4.78, 5) is 22.1. The maximum atomic E-state index is 11.1. The second-order valence-corrected chi connectivity index (χ2v) is 3.84. The Morgan fingerprint density at radius 3 is 2.12 bits per heavy atom. The van der Waals surface area contributed by atoms with E-state index in [4.69, 9.17) is 21.8 Å². The molecule has 0 aliphatic heterocycles. The first kappa shape index (κ1) is 11.4. The number of halogens is 1. The summed E-state index contributed by atoms with van der Waals surface area (Å²) in [6, 6.07) is 7.69. The Morgan fingerprint density at radius 2 is 1.59 bits per heavy atom. The summed E-state index contributed by atoms with van der Waals surface area (Å²) in [5, 5.41) is 19.1. The normalized spacial score (nSPS) is 10.4. The molecule has 0 radical (unpaired) electrons. The third kappa shape index (κ3) is 1.83. The lowest BCUT2D eigenvalue weighted by Crippen LogP contribution is -2.09. The van der Waals surface area contributed by atoms with Gasteiger partial charge in [-0.05, 0) is 11.5 Å². The molecule has 0 unspecified atom stereocenters. The Hall–Kier alpha value is -2.07. The van der Waals surface area contributed by atoms with Crippen LogP contribution >= 0.6 is 11.6 Å². The zero-order chi connectivity index (χ0) is 12.6. The predicted octanol–water partition coefficient (Wildman–Crippen LogP) is 2.89. The summed E-state index contributed by atoms with van der Waals surface area (Å²) in [7, 11) is 0. The van der Waals surface area contributed by atoms with Gasteiger partial charge in [0.1, 0.15) is 0 Å². The van der Waals surface area contributed by atoms with E-state index in [1.54, 1.807) is 18.2 Å². The molecule has 0 saturated carbocycles. The van der Waals surface area contributed by atoms with E-state index in [0.717, 1.165) is 6.07 Å². The summed E-state index contributed by atoms with van der Waals surface area (Å²) < 4.78 is 0.